The Hall–Kier alpha value is -3.70. The number of benzene rings is 4. The van der Waals surface area contributed by atoms with Gasteiger partial charge in [-0.05, 0) is 97.5 Å². The van der Waals surface area contributed by atoms with Crippen LogP contribution in [-0.2, 0) is 0 Å². The van der Waals surface area contributed by atoms with Crippen LogP contribution < -0.4 is 10.1 Å². The van der Waals surface area contributed by atoms with E-state index in [4.69, 9.17) is 4.74 Å². The maximum atomic E-state index is 9.92. The molecule has 1 aliphatic rings. The van der Waals surface area contributed by atoms with E-state index >= 15 is 0 Å². The number of nitrogens with zero attached hydrogens (tertiary/aromatic N) is 1. The minimum atomic E-state index is 0.218. The zero-order chi connectivity index (χ0) is 22.6. The minimum absolute atomic E-state index is 0.218. The first-order chi connectivity index (χ1) is 16.2. The third kappa shape index (κ3) is 4.89. The highest BCUT2D eigenvalue weighted by Gasteiger charge is 2.14. The van der Waals surface area contributed by atoms with Crippen molar-refractivity contribution in [2.24, 2.45) is 0 Å². The van der Waals surface area contributed by atoms with Crippen LogP contribution in [-0.4, -0.2) is 41.3 Å². The highest BCUT2D eigenvalue weighted by Crippen LogP contribution is 2.41. The van der Waals surface area contributed by atoms with Crippen molar-refractivity contribution in [1.82, 2.24) is 4.90 Å². The first-order valence-electron chi connectivity index (χ1n) is 11.4. The van der Waals surface area contributed by atoms with Gasteiger partial charge in [0.25, 0.3) is 0 Å². The molecule has 0 bridgehead atoms. The first kappa shape index (κ1) is 21.2. The number of phenolic OH excluding ortho intramolecular Hbond substituents is 2. The molecule has 33 heavy (non-hydrogen) atoms. The molecule has 0 aromatic heterocycles. The van der Waals surface area contributed by atoms with Crippen LogP contribution in [0.4, 0.5) is 5.69 Å². The van der Waals surface area contributed by atoms with Gasteiger partial charge in [-0.1, -0.05) is 18.2 Å². The maximum Gasteiger partial charge on any atom is 0.143 e. The second kappa shape index (κ2) is 9.43. The largest absolute Gasteiger partial charge is 0.508 e. The summed E-state index contributed by atoms with van der Waals surface area (Å²) >= 11 is 0. The van der Waals surface area contributed by atoms with Gasteiger partial charge in [0.2, 0.25) is 0 Å². The second-order valence-corrected chi connectivity index (χ2v) is 8.50. The third-order valence-corrected chi connectivity index (χ3v) is 6.16. The predicted octanol–water partition coefficient (Wildman–Crippen LogP) is 6.22. The number of likely N-dealkylation sites (tertiary alicyclic amines) is 1. The van der Waals surface area contributed by atoms with Crippen LogP contribution in [0.15, 0.2) is 78.9 Å². The average molecular weight is 441 g/mol. The molecule has 0 saturated carbocycles. The Labute approximate surface area is 193 Å². The molecule has 1 fully saturated rings. The highest BCUT2D eigenvalue weighted by molar-refractivity contribution is 5.96. The number of aromatic hydroxyl groups is 2. The van der Waals surface area contributed by atoms with Crippen molar-refractivity contribution in [3.05, 3.63) is 78.9 Å². The third-order valence-electron chi connectivity index (χ3n) is 6.16. The Bertz CT molecular complexity index is 1230. The van der Waals surface area contributed by atoms with E-state index < -0.39 is 0 Å². The summed E-state index contributed by atoms with van der Waals surface area (Å²) in [5, 5.41) is 24.9. The molecule has 0 amide bonds. The van der Waals surface area contributed by atoms with Crippen LogP contribution in [0.1, 0.15) is 12.8 Å². The smallest absolute Gasteiger partial charge is 0.143 e. The zero-order valence-corrected chi connectivity index (χ0v) is 18.5. The lowest BCUT2D eigenvalue weighted by Crippen LogP contribution is -2.25. The number of phenols is 2. The molecule has 4 aromatic carbocycles. The lowest BCUT2D eigenvalue weighted by molar-refractivity contribution is 0.352. The van der Waals surface area contributed by atoms with Gasteiger partial charge in [-0.2, -0.15) is 0 Å². The van der Waals surface area contributed by atoms with Crippen molar-refractivity contribution in [3.63, 3.8) is 0 Å². The van der Waals surface area contributed by atoms with Crippen molar-refractivity contribution in [1.29, 1.82) is 0 Å². The van der Waals surface area contributed by atoms with Crippen molar-refractivity contribution in [2.75, 3.05) is 31.5 Å². The van der Waals surface area contributed by atoms with Crippen LogP contribution in [0.2, 0.25) is 0 Å². The summed E-state index contributed by atoms with van der Waals surface area (Å²) in [4.78, 5) is 2.49. The normalized spacial score (nSPS) is 13.9. The Balaban J connectivity index is 1.40. The molecule has 1 saturated heterocycles. The second-order valence-electron chi connectivity index (χ2n) is 8.50. The van der Waals surface area contributed by atoms with Gasteiger partial charge in [-0.15, -0.1) is 0 Å². The molecule has 0 aliphatic carbocycles. The molecule has 0 atom stereocenters. The van der Waals surface area contributed by atoms with Crippen molar-refractivity contribution in [3.8, 4) is 34.1 Å². The highest BCUT2D eigenvalue weighted by atomic mass is 16.5. The summed E-state index contributed by atoms with van der Waals surface area (Å²) in [6.45, 7) is 4.41. The summed E-state index contributed by atoms with van der Waals surface area (Å²) in [5.74, 6) is 1.89. The van der Waals surface area contributed by atoms with Gasteiger partial charge in [0.15, 0.2) is 0 Å². The van der Waals surface area contributed by atoms with Gasteiger partial charge in [-0.25, -0.2) is 0 Å². The predicted molar refractivity (Wildman–Crippen MR) is 133 cm³/mol. The van der Waals surface area contributed by atoms with Crippen LogP contribution in [0, 0.1) is 0 Å². The molecule has 1 aliphatic heterocycles. The molecular weight excluding hydrogens is 412 g/mol. The fourth-order valence-corrected chi connectivity index (χ4v) is 4.39. The Kier molecular flexibility index (Phi) is 6.05. The summed E-state index contributed by atoms with van der Waals surface area (Å²) in [7, 11) is 0. The number of ether oxygens (including phenoxy) is 1. The van der Waals surface area contributed by atoms with Gasteiger partial charge in [0.1, 0.15) is 23.0 Å². The summed E-state index contributed by atoms with van der Waals surface area (Å²) in [5.41, 5.74) is 2.93. The minimum Gasteiger partial charge on any atom is -0.508 e. The molecule has 168 valence electrons. The van der Waals surface area contributed by atoms with Gasteiger partial charge in [0.05, 0.1) is 0 Å². The lowest BCUT2D eigenvalue weighted by atomic mass is 9.99. The Morgan fingerprint density at radius 2 is 1.52 bits per heavy atom. The van der Waals surface area contributed by atoms with Gasteiger partial charge >= 0.3 is 0 Å². The molecule has 5 rings (SSSR count). The maximum absolute atomic E-state index is 9.92. The van der Waals surface area contributed by atoms with Crippen molar-refractivity contribution >= 4 is 16.5 Å². The monoisotopic (exact) mass is 440 g/mol. The molecule has 4 aromatic rings. The molecule has 0 radical (unpaired) electrons. The van der Waals surface area contributed by atoms with E-state index in [9.17, 15) is 10.2 Å². The van der Waals surface area contributed by atoms with Crippen LogP contribution >= 0.6 is 0 Å². The molecule has 3 N–H and O–H groups in total. The van der Waals surface area contributed by atoms with E-state index in [0.717, 1.165) is 46.4 Å². The fourth-order valence-electron chi connectivity index (χ4n) is 4.39. The standard InChI is InChI=1S/C28H28N2O3/c31-23-8-3-20(4-9-23)26-13-5-21-19-24(32)10-14-27(21)28(26)33-25-11-6-22(7-12-25)29-15-18-30-16-1-2-17-30/h3-14,19,29,31-32H,1-2,15-18H2. The molecule has 1 heterocycles. The van der Waals surface area contributed by atoms with E-state index in [1.165, 1.54) is 25.9 Å². The Morgan fingerprint density at radius 1 is 0.788 bits per heavy atom. The number of hydrogen-bond donors (Lipinski definition) is 3. The van der Waals surface area contributed by atoms with E-state index in [2.05, 4.69) is 10.2 Å². The number of fused-ring (bicyclic) bond motifs is 1. The molecule has 5 heteroatoms. The van der Waals surface area contributed by atoms with Crippen molar-refractivity contribution in [2.45, 2.75) is 12.8 Å². The first-order valence-corrected chi connectivity index (χ1v) is 11.4. The van der Waals surface area contributed by atoms with Gasteiger partial charge in [-0.3, -0.25) is 0 Å². The zero-order valence-electron chi connectivity index (χ0n) is 18.5. The fraction of sp³-hybridized carbons (Fsp3) is 0.214. The SMILES string of the molecule is Oc1ccc(-c2ccc3cc(O)ccc3c2Oc2ccc(NCCN3CCCC3)cc2)cc1. The van der Waals surface area contributed by atoms with Crippen molar-refractivity contribution < 1.29 is 14.9 Å². The van der Waals surface area contributed by atoms with Gasteiger partial charge in [0, 0.05) is 29.7 Å². The van der Waals surface area contributed by atoms with E-state index in [1.807, 2.05) is 54.6 Å². The van der Waals surface area contributed by atoms with E-state index in [1.54, 1.807) is 24.3 Å². The van der Waals surface area contributed by atoms with Crippen LogP contribution in [0.3, 0.4) is 0 Å². The lowest BCUT2D eigenvalue weighted by Gasteiger charge is -2.16. The molecular formula is C28H28N2O3. The number of nitrogens with one attached hydrogen (secondary N) is 1. The van der Waals surface area contributed by atoms with E-state index in [0.29, 0.717) is 5.75 Å². The Morgan fingerprint density at radius 3 is 2.27 bits per heavy atom. The number of rotatable bonds is 7. The summed E-state index contributed by atoms with van der Waals surface area (Å²) in [6, 6.07) is 24.3. The average Bonchev–Trinajstić information content (AvgIpc) is 3.34. The molecule has 0 unspecified atom stereocenters. The molecule has 0 spiro atoms. The van der Waals surface area contributed by atoms with Gasteiger partial charge < -0.3 is 25.2 Å². The quantitative estimate of drug-likeness (QED) is 0.318. The number of anilines is 1. The summed E-state index contributed by atoms with van der Waals surface area (Å²) in [6.07, 6.45) is 2.62. The van der Waals surface area contributed by atoms with Crippen LogP contribution in [0.25, 0.3) is 21.9 Å². The summed E-state index contributed by atoms with van der Waals surface area (Å²) < 4.78 is 6.41. The van der Waals surface area contributed by atoms with E-state index in [-0.39, 0.29) is 11.5 Å². The van der Waals surface area contributed by atoms with Crippen LogP contribution in [0.5, 0.6) is 23.0 Å². The molecule has 5 nitrogen and oxygen atoms in total. The topological polar surface area (TPSA) is 65.0 Å². The number of hydrogen-bond acceptors (Lipinski definition) is 5.